The summed E-state index contributed by atoms with van der Waals surface area (Å²) in [7, 11) is 0. The monoisotopic (exact) mass is 498 g/mol. The molecule has 1 aromatic carbocycles. The Morgan fingerprint density at radius 3 is 2.59 bits per heavy atom. The minimum absolute atomic E-state index is 0.101. The van der Waals surface area contributed by atoms with Gasteiger partial charge >= 0.3 is 5.97 Å². The molecule has 0 aromatic heterocycles. The van der Waals surface area contributed by atoms with Gasteiger partial charge in [0.2, 0.25) is 0 Å². The van der Waals surface area contributed by atoms with Crippen LogP contribution in [0.4, 0.5) is 0 Å². The van der Waals surface area contributed by atoms with Gasteiger partial charge in [-0.25, -0.2) is 0 Å². The molecule has 1 saturated carbocycles. The lowest BCUT2D eigenvalue weighted by Crippen LogP contribution is -2.21. The van der Waals surface area contributed by atoms with Crippen LogP contribution in [-0.2, 0) is 4.79 Å². The van der Waals surface area contributed by atoms with Crippen LogP contribution in [0.1, 0.15) is 94.1 Å². The molecule has 1 fully saturated rings. The van der Waals surface area contributed by atoms with Crippen LogP contribution in [0.5, 0.6) is 0 Å². The first kappa shape index (κ1) is 25.9. The number of alkyl halides is 2. The fourth-order valence-electron chi connectivity index (χ4n) is 5.22. The average molecular weight is 500 g/mol. The first-order valence-electron chi connectivity index (χ1n) is 12.0. The number of aliphatic carboxylic acids is 1. The van der Waals surface area contributed by atoms with Crippen molar-refractivity contribution in [3.05, 3.63) is 46.4 Å². The number of carbonyl (C=O) groups is 1. The molecule has 0 bridgehead atoms. The van der Waals surface area contributed by atoms with Gasteiger partial charge in [-0.05, 0) is 66.9 Å². The number of allylic oxidation sites excluding steroid dienone is 2. The Kier molecular flexibility index (Phi) is 9.85. The van der Waals surface area contributed by atoms with E-state index >= 15 is 0 Å². The van der Waals surface area contributed by atoms with Gasteiger partial charge in [-0.1, -0.05) is 56.5 Å². The Balaban J connectivity index is 1.59. The number of rotatable bonds is 12. The molecule has 3 rings (SSSR count). The van der Waals surface area contributed by atoms with Crippen molar-refractivity contribution >= 4 is 40.9 Å². The second-order valence-electron chi connectivity index (χ2n) is 9.32. The molecule has 178 valence electrons. The van der Waals surface area contributed by atoms with E-state index in [4.69, 9.17) is 23.2 Å². The molecule has 0 spiro atoms. The molecule has 3 unspecified atom stereocenters. The third-order valence-electron chi connectivity index (χ3n) is 7.05. The van der Waals surface area contributed by atoms with Crippen LogP contribution in [0.15, 0.2) is 35.2 Å². The van der Waals surface area contributed by atoms with Crippen LogP contribution in [0.25, 0.3) is 0 Å². The second kappa shape index (κ2) is 12.1. The summed E-state index contributed by atoms with van der Waals surface area (Å²) >= 11 is 15.1. The quantitative estimate of drug-likeness (QED) is 0.229. The van der Waals surface area contributed by atoms with Crippen LogP contribution in [0.2, 0.25) is 0 Å². The number of thioether (sulfide) groups is 1. The summed E-state index contributed by atoms with van der Waals surface area (Å²) in [6.07, 6.45) is 12.1. The van der Waals surface area contributed by atoms with Gasteiger partial charge in [0.05, 0.1) is 0 Å². The van der Waals surface area contributed by atoms with Crippen LogP contribution in [-0.4, -0.2) is 32.4 Å². The molecule has 2 aliphatic rings. The molecule has 3 nitrogen and oxygen atoms in total. The zero-order valence-corrected chi connectivity index (χ0v) is 21.3. The topological polar surface area (TPSA) is 57.5 Å². The van der Waals surface area contributed by atoms with Crippen molar-refractivity contribution in [3.8, 4) is 0 Å². The van der Waals surface area contributed by atoms with Crippen molar-refractivity contribution in [2.75, 3.05) is 6.61 Å². The molecular weight excluding hydrogens is 463 g/mol. The minimum Gasteiger partial charge on any atom is -0.480 e. The average Bonchev–Trinajstić information content (AvgIpc) is 3.36. The highest BCUT2D eigenvalue weighted by atomic mass is 35.5. The first-order chi connectivity index (χ1) is 15.4. The van der Waals surface area contributed by atoms with E-state index in [0.29, 0.717) is 12.3 Å². The summed E-state index contributed by atoms with van der Waals surface area (Å²) in [5.41, 5.74) is 2.38. The summed E-state index contributed by atoms with van der Waals surface area (Å²) in [6.45, 7) is 2.38. The van der Waals surface area contributed by atoms with E-state index in [0.717, 1.165) is 44.9 Å². The molecular formula is C26H36Cl2O3S. The Bertz CT molecular complexity index is 778. The van der Waals surface area contributed by atoms with Crippen molar-refractivity contribution < 1.29 is 15.0 Å². The van der Waals surface area contributed by atoms with Crippen molar-refractivity contribution in [2.45, 2.75) is 92.6 Å². The van der Waals surface area contributed by atoms with E-state index < -0.39 is 10.3 Å². The van der Waals surface area contributed by atoms with Gasteiger partial charge in [-0.15, -0.1) is 35.0 Å². The van der Waals surface area contributed by atoms with E-state index in [1.165, 1.54) is 40.6 Å². The molecule has 6 heteroatoms. The third-order valence-corrected chi connectivity index (χ3v) is 9.25. The molecule has 0 amide bonds. The predicted molar refractivity (Wildman–Crippen MR) is 136 cm³/mol. The molecule has 1 aromatic rings. The summed E-state index contributed by atoms with van der Waals surface area (Å²) in [6, 6.07) is 8.61. The molecule has 0 saturated heterocycles. The standard InChI is InChI=1S/C26H36Cl2O3S/c1-2-3-4-6-21(17-29)18-9-11-20(12-10-18)24-19(15-16-26(24,27)28)7-5-8-22-13-14-23(32-22)25(30)31/h9-13,19,21,23-24,29H,2-8,14-17H2,1H3,(H,30,31)/t19-,21?,23?,24?/m0/s1. The van der Waals surface area contributed by atoms with Crippen molar-refractivity contribution in [3.63, 3.8) is 0 Å². The number of aliphatic hydroxyl groups is 1. The number of unbranched alkanes of at least 4 members (excludes halogenated alkanes) is 2. The molecule has 1 aliphatic carbocycles. The molecule has 4 atom stereocenters. The van der Waals surface area contributed by atoms with Crippen LogP contribution in [0.3, 0.4) is 0 Å². The number of benzene rings is 1. The number of hydrogen-bond acceptors (Lipinski definition) is 3. The van der Waals surface area contributed by atoms with Crippen molar-refractivity contribution in [2.24, 2.45) is 5.92 Å². The highest BCUT2D eigenvalue weighted by Gasteiger charge is 2.46. The van der Waals surface area contributed by atoms with Crippen LogP contribution >= 0.6 is 35.0 Å². The summed E-state index contributed by atoms with van der Waals surface area (Å²) in [5, 5.41) is 18.7. The molecule has 1 heterocycles. The van der Waals surface area contributed by atoms with Crippen LogP contribution in [0, 0.1) is 5.92 Å². The minimum atomic E-state index is -0.751. The number of carboxylic acids is 1. The normalized spacial score (nSPS) is 25.6. The van der Waals surface area contributed by atoms with Gasteiger partial charge in [0.15, 0.2) is 0 Å². The van der Waals surface area contributed by atoms with Gasteiger partial charge in [0.1, 0.15) is 9.58 Å². The zero-order chi connectivity index (χ0) is 23.1. The Morgan fingerprint density at radius 1 is 1.22 bits per heavy atom. The second-order valence-corrected chi connectivity index (χ2v) is 12.2. The molecule has 1 aliphatic heterocycles. The lowest BCUT2D eigenvalue weighted by atomic mass is 9.84. The maximum absolute atomic E-state index is 11.2. The number of hydrogen-bond donors (Lipinski definition) is 2. The smallest absolute Gasteiger partial charge is 0.317 e. The van der Waals surface area contributed by atoms with E-state index in [1.807, 2.05) is 0 Å². The molecule has 2 N–H and O–H groups in total. The number of aliphatic hydroxyl groups excluding tert-OH is 1. The summed E-state index contributed by atoms with van der Waals surface area (Å²) < 4.78 is -0.751. The van der Waals surface area contributed by atoms with Gasteiger partial charge in [-0.2, -0.15) is 0 Å². The van der Waals surface area contributed by atoms with Gasteiger partial charge < -0.3 is 10.2 Å². The van der Waals surface area contributed by atoms with Crippen molar-refractivity contribution in [1.82, 2.24) is 0 Å². The SMILES string of the molecule is CCCCCC(CO)c1ccc(C2[C@@H](CCCC3=CCC(C(=O)O)S3)CCC2(Cl)Cl)cc1. The Morgan fingerprint density at radius 2 is 1.97 bits per heavy atom. The highest BCUT2D eigenvalue weighted by molar-refractivity contribution is 8.04. The third kappa shape index (κ3) is 6.68. The number of carboxylic acid groups (broad SMARTS) is 1. The zero-order valence-electron chi connectivity index (χ0n) is 18.9. The molecule has 32 heavy (non-hydrogen) atoms. The highest BCUT2D eigenvalue weighted by Crippen LogP contribution is 2.55. The van der Waals surface area contributed by atoms with Gasteiger partial charge in [0.25, 0.3) is 0 Å². The van der Waals surface area contributed by atoms with Gasteiger partial charge in [-0.3, -0.25) is 4.79 Å². The maximum atomic E-state index is 11.2. The maximum Gasteiger partial charge on any atom is 0.317 e. The van der Waals surface area contributed by atoms with Gasteiger partial charge in [0, 0.05) is 18.4 Å². The summed E-state index contributed by atoms with van der Waals surface area (Å²) in [5.74, 6) is 0.00261. The Labute approximate surface area is 207 Å². The Hall–Kier alpha value is -0.680. The van der Waals surface area contributed by atoms with Crippen molar-refractivity contribution in [1.29, 1.82) is 0 Å². The van der Waals surface area contributed by atoms with Crippen LogP contribution < -0.4 is 0 Å². The summed E-state index contributed by atoms with van der Waals surface area (Å²) in [4.78, 5) is 12.4. The van der Waals surface area contributed by atoms with E-state index in [9.17, 15) is 15.0 Å². The van der Waals surface area contributed by atoms with E-state index in [2.05, 4.69) is 37.3 Å². The number of halogens is 2. The first-order valence-corrected chi connectivity index (χ1v) is 13.7. The fourth-order valence-corrected chi connectivity index (χ4v) is 7.16. The lowest BCUT2D eigenvalue weighted by Gasteiger charge is -2.28. The van der Waals surface area contributed by atoms with E-state index in [-0.39, 0.29) is 23.7 Å². The fraction of sp³-hybridized carbons (Fsp3) is 0.654. The molecule has 0 radical (unpaired) electrons. The van der Waals surface area contributed by atoms with E-state index in [1.54, 1.807) is 0 Å². The predicted octanol–water partition coefficient (Wildman–Crippen LogP) is 7.65. The largest absolute Gasteiger partial charge is 0.480 e. The lowest BCUT2D eigenvalue weighted by molar-refractivity contribution is -0.136.